The monoisotopic (exact) mass is 278 g/mol. The molecule has 0 spiro atoms. The molecular formula is C13H14N2O3S. The first-order valence-corrected chi connectivity index (χ1v) is 7.53. The summed E-state index contributed by atoms with van der Waals surface area (Å²) in [5.41, 5.74) is 1.45. The Morgan fingerprint density at radius 2 is 1.95 bits per heavy atom. The van der Waals surface area contributed by atoms with E-state index in [2.05, 4.69) is 10.3 Å². The first-order valence-electron chi connectivity index (χ1n) is 5.63. The number of nitrogens with one attached hydrogen (secondary N) is 1. The summed E-state index contributed by atoms with van der Waals surface area (Å²) in [6.07, 6.45) is 2.57. The molecule has 19 heavy (non-hydrogen) atoms. The van der Waals surface area contributed by atoms with Crippen LogP contribution in [0.5, 0.6) is 5.75 Å². The summed E-state index contributed by atoms with van der Waals surface area (Å²) in [7, 11) is -3.27. The van der Waals surface area contributed by atoms with Gasteiger partial charge in [-0.1, -0.05) is 18.2 Å². The van der Waals surface area contributed by atoms with Crippen LogP contribution in [0.3, 0.4) is 0 Å². The molecule has 2 rings (SSSR count). The Hall–Kier alpha value is -2.08. The number of para-hydroxylation sites is 1. The van der Waals surface area contributed by atoms with E-state index in [4.69, 9.17) is 0 Å². The second kappa shape index (κ2) is 5.27. The predicted octanol–water partition coefficient (Wildman–Crippen LogP) is 1.80. The average molecular weight is 278 g/mol. The minimum atomic E-state index is -3.27. The molecule has 1 heterocycles. The van der Waals surface area contributed by atoms with Gasteiger partial charge in [0.2, 0.25) is 0 Å². The Balaban J connectivity index is 2.07. The average Bonchev–Trinajstić information content (AvgIpc) is 2.37. The number of sulfone groups is 1. The van der Waals surface area contributed by atoms with Crippen molar-refractivity contribution >= 4 is 15.5 Å². The molecule has 6 heteroatoms. The summed E-state index contributed by atoms with van der Waals surface area (Å²) in [5, 5.41) is 12.7. The highest BCUT2D eigenvalue weighted by atomic mass is 32.2. The second-order valence-corrected chi connectivity index (χ2v) is 6.10. The highest BCUT2D eigenvalue weighted by Crippen LogP contribution is 2.17. The lowest BCUT2D eigenvalue weighted by atomic mass is 10.2. The molecule has 5 nitrogen and oxygen atoms in total. The zero-order chi connectivity index (χ0) is 13.9. The fraction of sp³-hybridized carbons (Fsp3) is 0.154. The van der Waals surface area contributed by atoms with Gasteiger partial charge >= 0.3 is 0 Å². The number of phenols is 1. The van der Waals surface area contributed by atoms with Crippen molar-refractivity contribution in [2.75, 3.05) is 11.6 Å². The molecule has 1 aromatic heterocycles. The van der Waals surface area contributed by atoms with Crippen LogP contribution in [0.15, 0.2) is 47.6 Å². The van der Waals surface area contributed by atoms with Crippen LogP contribution < -0.4 is 5.32 Å². The maximum absolute atomic E-state index is 11.3. The Bertz CT molecular complexity index is 667. The van der Waals surface area contributed by atoms with E-state index in [0.717, 1.165) is 11.8 Å². The van der Waals surface area contributed by atoms with Crippen molar-refractivity contribution in [1.29, 1.82) is 0 Å². The third kappa shape index (κ3) is 3.45. The van der Waals surface area contributed by atoms with Crippen molar-refractivity contribution in [1.82, 2.24) is 4.98 Å². The molecule has 1 aromatic carbocycles. The molecule has 0 aliphatic heterocycles. The van der Waals surface area contributed by atoms with Gasteiger partial charge in [0, 0.05) is 18.4 Å². The molecule has 0 amide bonds. The van der Waals surface area contributed by atoms with Crippen molar-refractivity contribution in [2.45, 2.75) is 11.6 Å². The molecule has 2 N–H and O–H groups in total. The lowest BCUT2D eigenvalue weighted by Gasteiger charge is -2.08. The van der Waals surface area contributed by atoms with Gasteiger partial charge in [0.15, 0.2) is 14.9 Å². The number of benzene rings is 1. The van der Waals surface area contributed by atoms with Gasteiger partial charge in [0.25, 0.3) is 0 Å². The predicted molar refractivity (Wildman–Crippen MR) is 72.8 cm³/mol. The molecular weight excluding hydrogens is 264 g/mol. The number of aromatic nitrogens is 1. The van der Waals surface area contributed by atoms with Crippen LogP contribution >= 0.6 is 0 Å². The Morgan fingerprint density at radius 1 is 1.21 bits per heavy atom. The first-order chi connectivity index (χ1) is 8.97. The molecule has 0 radical (unpaired) electrons. The van der Waals surface area contributed by atoms with E-state index in [-0.39, 0.29) is 10.8 Å². The third-order valence-electron chi connectivity index (χ3n) is 2.59. The highest BCUT2D eigenvalue weighted by molar-refractivity contribution is 7.90. The number of rotatable bonds is 4. The maximum atomic E-state index is 11.3. The van der Waals surface area contributed by atoms with Gasteiger partial charge in [-0.25, -0.2) is 13.4 Å². The molecule has 0 unspecified atom stereocenters. The van der Waals surface area contributed by atoms with Crippen LogP contribution in [0.4, 0.5) is 5.69 Å². The SMILES string of the molecule is CS(=O)(=O)c1ccc(NCc2ccccc2O)cn1. The number of phenolic OH excluding ortho intramolecular Hbond substituents is 1. The molecule has 0 fully saturated rings. The van der Waals surface area contributed by atoms with Crippen LogP contribution in [0.1, 0.15) is 5.56 Å². The quantitative estimate of drug-likeness (QED) is 0.891. The largest absolute Gasteiger partial charge is 0.508 e. The van der Waals surface area contributed by atoms with E-state index in [9.17, 15) is 13.5 Å². The number of pyridine rings is 1. The topological polar surface area (TPSA) is 79.3 Å². The minimum Gasteiger partial charge on any atom is -0.508 e. The number of anilines is 1. The third-order valence-corrected chi connectivity index (χ3v) is 3.59. The van der Waals surface area contributed by atoms with Gasteiger partial charge in [0.1, 0.15) is 5.75 Å². The van der Waals surface area contributed by atoms with Gasteiger partial charge < -0.3 is 10.4 Å². The normalized spacial score (nSPS) is 11.2. The first kappa shape index (κ1) is 13.4. The Labute approximate surface area is 111 Å². The van der Waals surface area contributed by atoms with Crippen molar-refractivity contribution in [3.63, 3.8) is 0 Å². The highest BCUT2D eigenvalue weighted by Gasteiger charge is 2.08. The zero-order valence-electron chi connectivity index (χ0n) is 10.4. The number of hydrogen-bond donors (Lipinski definition) is 2. The van der Waals surface area contributed by atoms with Gasteiger partial charge in [-0.15, -0.1) is 0 Å². The van der Waals surface area contributed by atoms with Crippen LogP contribution in [-0.4, -0.2) is 24.8 Å². The van der Waals surface area contributed by atoms with E-state index in [0.29, 0.717) is 12.2 Å². The van der Waals surface area contributed by atoms with E-state index < -0.39 is 9.84 Å². The molecule has 100 valence electrons. The maximum Gasteiger partial charge on any atom is 0.192 e. The van der Waals surface area contributed by atoms with Crippen molar-refractivity contribution < 1.29 is 13.5 Å². The molecule has 0 saturated heterocycles. The standard InChI is InChI=1S/C13H14N2O3S/c1-19(17,18)13-7-6-11(9-15-13)14-8-10-4-2-3-5-12(10)16/h2-7,9,14,16H,8H2,1H3. The molecule has 0 aliphatic carbocycles. The van der Waals surface area contributed by atoms with Gasteiger partial charge in [0.05, 0.1) is 11.9 Å². The van der Waals surface area contributed by atoms with Crippen LogP contribution in [0.2, 0.25) is 0 Å². The molecule has 0 saturated carbocycles. The summed E-state index contributed by atoms with van der Waals surface area (Å²) in [4.78, 5) is 3.87. The number of aromatic hydroxyl groups is 1. The molecule has 2 aromatic rings. The summed E-state index contributed by atoms with van der Waals surface area (Å²) < 4.78 is 22.5. The van der Waals surface area contributed by atoms with Gasteiger partial charge in [-0.2, -0.15) is 0 Å². The van der Waals surface area contributed by atoms with Crippen LogP contribution in [0, 0.1) is 0 Å². The minimum absolute atomic E-state index is 0.0422. The van der Waals surface area contributed by atoms with E-state index in [1.54, 1.807) is 24.3 Å². The lowest BCUT2D eigenvalue weighted by molar-refractivity contribution is 0.469. The van der Waals surface area contributed by atoms with Crippen molar-refractivity contribution in [3.8, 4) is 5.75 Å². The fourth-order valence-electron chi connectivity index (χ4n) is 1.56. The fourth-order valence-corrected chi connectivity index (χ4v) is 2.12. The number of nitrogens with zero attached hydrogens (tertiary/aromatic N) is 1. The smallest absolute Gasteiger partial charge is 0.192 e. The van der Waals surface area contributed by atoms with E-state index in [1.165, 1.54) is 12.3 Å². The van der Waals surface area contributed by atoms with Crippen LogP contribution in [-0.2, 0) is 16.4 Å². The lowest BCUT2D eigenvalue weighted by Crippen LogP contribution is -2.03. The van der Waals surface area contributed by atoms with Crippen LogP contribution in [0.25, 0.3) is 0 Å². The van der Waals surface area contributed by atoms with Gasteiger partial charge in [-0.3, -0.25) is 0 Å². The molecule has 0 atom stereocenters. The van der Waals surface area contributed by atoms with Crippen molar-refractivity contribution in [2.24, 2.45) is 0 Å². The molecule has 0 bridgehead atoms. The van der Waals surface area contributed by atoms with E-state index in [1.807, 2.05) is 6.07 Å². The molecule has 0 aliphatic rings. The zero-order valence-corrected chi connectivity index (χ0v) is 11.2. The summed E-state index contributed by atoms with van der Waals surface area (Å²) in [6, 6.07) is 10.1. The summed E-state index contributed by atoms with van der Waals surface area (Å²) >= 11 is 0. The van der Waals surface area contributed by atoms with Crippen molar-refractivity contribution in [3.05, 3.63) is 48.2 Å². The summed E-state index contributed by atoms with van der Waals surface area (Å²) in [5.74, 6) is 0.218. The summed E-state index contributed by atoms with van der Waals surface area (Å²) in [6.45, 7) is 0.437. The number of hydrogen-bond acceptors (Lipinski definition) is 5. The Morgan fingerprint density at radius 3 is 2.53 bits per heavy atom. The Kier molecular flexibility index (Phi) is 3.71. The van der Waals surface area contributed by atoms with Gasteiger partial charge in [-0.05, 0) is 18.2 Å². The second-order valence-electron chi connectivity index (χ2n) is 4.14. The van der Waals surface area contributed by atoms with E-state index >= 15 is 0 Å².